The minimum Gasteiger partial charge on any atom is -0.459 e. The molecule has 0 bridgehead atoms. The van der Waals surface area contributed by atoms with Crippen LogP contribution < -0.4 is 20.9 Å². The van der Waals surface area contributed by atoms with Crippen LogP contribution in [-0.2, 0) is 31.8 Å². The van der Waals surface area contributed by atoms with Crippen molar-refractivity contribution in [1.29, 1.82) is 0 Å². The highest BCUT2D eigenvalue weighted by Gasteiger charge is 2.41. The molecule has 5 N–H and O–H groups in total. The Kier molecular flexibility index (Phi) is 9.64. The number of benzene rings is 3. The third kappa shape index (κ3) is 7.76. The molecule has 2 atom stereocenters. The summed E-state index contributed by atoms with van der Waals surface area (Å²) in [6.07, 6.45) is 1.80. The number of carbonyl (C=O) groups is 1. The zero-order chi connectivity index (χ0) is 32.0. The molecule has 2 aromatic heterocycles. The molecule has 5 rings (SSSR count). The second-order valence-electron chi connectivity index (χ2n) is 11.1. The number of esters is 1. The van der Waals surface area contributed by atoms with Gasteiger partial charge in [0.05, 0.1) is 12.9 Å². The van der Waals surface area contributed by atoms with Crippen molar-refractivity contribution >= 4 is 41.6 Å². The van der Waals surface area contributed by atoms with Crippen molar-refractivity contribution in [3.8, 4) is 5.75 Å². The van der Waals surface area contributed by atoms with Crippen LogP contribution in [0.2, 0.25) is 0 Å². The van der Waals surface area contributed by atoms with Crippen LogP contribution >= 0.6 is 7.75 Å². The summed E-state index contributed by atoms with van der Waals surface area (Å²) in [6.45, 7) is 2.89. The summed E-state index contributed by atoms with van der Waals surface area (Å²) < 4.78 is 33.5. The molecule has 0 saturated heterocycles. The van der Waals surface area contributed by atoms with Crippen molar-refractivity contribution in [2.45, 2.75) is 39.0 Å². The number of carbonyl (C=O) groups excluding carboxylic acids is 1. The van der Waals surface area contributed by atoms with Crippen LogP contribution in [0.3, 0.4) is 0 Å². The number of hydrogen-bond donors (Lipinski definition) is 4. The lowest BCUT2D eigenvalue weighted by molar-refractivity contribution is -0.151. The van der Waals surface area contributed by atoms with E-state index >= 15 is 0 Å². The van der Waals surface area contributed by atoms with E-state index in [1.807, 2.05) is 60.7 Å². The Morgan fingerprint density at radius 3 is 2.62 bits per heavy atom. The average molecular weight is 635 g/mol. The van der Waals surface area contributed by atoms with Gasteiger partial charge in [-0.3, -0.25) is 19.1 Å². The van der Waals surface area contributed by atoms with Gasteiger partial charge in [-0.25, -0.2) is 9.55 Å². The van der Waals surface area contributed by atoms with Gasteiger partial charge in [-0.2, -0.15) is 10.1 Å². The van der Waals surface area contributed by atoms with Gasteiger partial charge >= 0.3 is 13.7 Å². The topological polar surface area (TPSA) is 184 Å². The summed E-state index contributed by atoms with van der Waals surface area (Å²) in [6, 6.07) is 21.9. The smallest absolute Gasteiger partial charge is 0.459 e. The molecule has 0 aliphatic rings. The number of aromatic amines is 1. The number of nitrogens with two attached hydrogens (primary N) is 1. The number of nitrogens with zero attached hydrogens (tertiary/aromatic N) is 3. The molecular formula is C31H35N6O7P. The lowest BCUT2D eigenvalue weighted by atomic mass is 10.1. The Morgan fingerprint density at radius 2 is 1.84 bits per heavy atom. The molecular weight excluding hydrogens is 599 g/mol. The molecule has 236 valence electrons. The van der Waals surface area contributed by atoms with E-state index in [9.17, 15) is 19.3 Å². The second-order valence-corrected chi connectivity index (χ2v) is 12.7. The molecule has 0 spiro atoms. The van der Waals surface area contributed by atoms with E-state index in [0.29, 0.717) is 24.0 Å². The van der Waals surface area contributed by atoms with Gasteiger partial charge in [-0.05, 0) is 37.3 Å². The Bertz CT molecular complexity index is 1890. The first-order valence-electron chi connectivity index (χ1n) is 14.3. The number of nitrogens with one attached hydrogen (secondary N) is 2. The molecule has 5 aromatic rings. The van der Waals surface area contributed by atoms with E-state index in [1.165, 1.54) is 20.2 Å². The Morgan fingerprint density at radius 1 is 1.11 bits per heavy atom. The van der Waals surface area contributed by atoms with Gasteiger partial charge in [0, 0.05) is 24.5 Å². The molecule has 0 radical (unpaired) electrons. The Balaban J connectivity index is 1.33. The normalized spacial score (nSPS) is 13.8. The van der Waals surface area contributed by atoms with E-state index < -0.39 is 30.7 Å². The maximum Gasteiger partial charge on any atom is 0.459 e. The third-order valence-corrected chi connectivity index (χ3v) is 8.88. The number of ether oxygens (including phenoxy) is 1. The molecule has 14 heteroatoms. The number of hydrogen-bond acceptors (Lipinski definition) is 10. The van der Waals surface area contributed by atoms with Gasteiger partial charge in [0.15, 0.2) is 11.2 Å². The number of aliphatic hydroxyl groups excluding tert-OH is 1. The fraction of sp³-hybridized carbons (Fsp3) is 0.290. The van der Waals surface area contributed by atoms with Crippen molar-refractivity contribution in [3.63, 3.8) is 0 Å². The molecule has 3 aromatic carbocycles. The largest absolute Gasteiger partial charge is 0.459 e. The molecule has 45 heavy (non-hydrogen) atoms. The van der Waals surface area contributed by atoms with Crippen LogP contribution in [0.15, 0.2) is 83.9 Å². The SMILES string of the molecule is CC(C)(NP(=O)(OCC(CO)CCn1cnc2c(=O)[nH]c(N)nc21)Oc1cccc2ccccc12)C(=O)OCc1ccccc1. The third-order valence-electron chi connectivity index (χ3n) is 7.12. The lowest BCUT2D eigenvalue weighted by Crippen LogP contribution is -2.47. The molecule has 0 saturated carbocycles. The number of anilines is 1. The molecule has 0 amide bonds. The van der Waals surface area contributed by atoms with Crippen LogP contribution in [-0.4, -0.2) is 49.3 Å². The number of rotatable bonds is 14. The summed E-state index contributed by atoms with van der Waals surface area (Å²) in [7, 11) is -4.28. The van der Waals surface area contributed by atoms with Crippen molar-refractivity contribution in [2.24, 2.45) is 5.92 Å². The average Bonchev–Trinajstić information content (AvgIpc) is 3.43. The highest BCUT2D eigenvalue weighted by Crippen LogP contribution is 2.48. The van der Waals surface area contributed by atoms with Crippen LogP contribution in [0, 0.1) is 5.92 Å². The second kappa shape index (κ2) is 13.6. The number of aliphatic hydroxyl groups is 1. The van der Waals surface area contributed by atoms with E-state index in [-0.39, 0.29) is 37.0 Å². The zero-order valence-electron chi connectivity index (χ0n) is 24.9. The van der Waals surface area contributed by atoms with Gasteiger partial charge in [0.2, 0.25) is 5.95 Å². The van der Waals surface area contributed by atoms with Crippen LogP contribution in [0.25, 0.3) is 21.9 Å². The van der Waals surface area contributed by atoms with E-state index in [4.69, 9.17) is 19.5 Å². The van der Waals surface area contributed by atoms with E-state index in [2.05, 4.69) is 20.0 Å². The van der Waals surface area contributed by atoms with Gasteiger partial charge in [0.25, 0.3) is 5.56 Å². The van der Waals surface area contributed by atoms with Crippen molar-refractivity contribution in [3.05, 3.63) is 95.0 Å². The number of nitrogen functional groups attached to an aromatic ring is 1. The maximum absolute atomic E-state index is 14.4. The molecule has 0 fully saturated rings. The van der Waals surface area contributed by atoms with Gasteiger partial charge < -0.3 is 24.7 Å². The van der Waals surface area contributed by atoms with Gasteiger partial charge in [-0.15, -0.1) is 0 Å². The predicted octanol–water partition coefficient (Wildman–Crippen LogP) is 4.17. The van der Waals surface area contributed by atoms with Crippen LogP contribution in [0.5, 0.6) is 5.75 Å². The van der Waals surface area contributed by atoms with Crippen LogP contribution in [0.4, 0.5) is 5.95 Å². The number of aromatic nitrogens is 4. The van der Waals surface area contributed by atoms with Crippen LogP contribution in [0.1, 0.15) is 25.8 Å². The Labute approximate surface area is 259 Å². The molecule has 0 aliphatic heterocycles. The lowest BCUT2D eigenvalue weighted by Gasteiger charge is -2.30. The summed E-state index contributed by atoms with van der Waals surface area (Å²) >= 11 is 0. The molecule has 0 aliphatic carbocycles. The first-order chi connectivity index (χ1) is 21.6. The standard InChI is InChI=1S/C31H35N6O7P/c1-31(2,29(40)42-18-21-9-4-3-5-10-21)36-45(41,44-25-14-8-12-23-11-6-7-13-24(23)25)43-19-22(17-38)15-16-37-20-33-26-27(37)34-30(32)35-28(26)39/h3-14,20,22,38H,15-19H2,1-2H3,(H,36,41)(H3,32,34,35,39). The van der Waals surface area contributed by atoms with E-state index in [1.54, 1.807) is 16.7 Å². The summed E-state index contributed by atoms with van der Waals surface area (Å²) in [5, 5.41) is 14.5. The fourth-order valence-corrected chi connectivity index (χ4v) is 6.43. The summed E-state index contributed by atoms with van der Waals surface area (Å²) in [5.41, 5.74) is 4.99. The predicted molar refractivity (Wildman–Crippen MR) is 169 cm³/mol. The first kappa shape index (κ1) is 31.9. The number of aryl methyl sites for hydroxylation is 1. The van der Waals surface area contributed by atoms with E-state index in [0.717, 1.165) is 10.9 Å². The molecule has 2 heterocycles. The van der Waals surface area contributed by atoms with Crippen molar-refractivity contribution in [2.75, 3.05) is 18.9 Å². The molecule has 13 nitrogen and oxygen atoms in total. The maximum atomic E-state index is 14.4. The summed E-state index contributed by atoms with van der Waals surface area (Å²) in [4.78, 5) is 36.0. The fourth-order valence-electron chi connectivity index (χ4n) is 4.66. The first-order valence-corrected chi connectivity index (χ1v) is 15.9. The van der Waals surface area contributed by atoms with Gasteiger partial charge in [0.1, 0.15) is 17.9 Å². The minimum absolute atomic E-state index is 0.0298. The van der Waals surface area contributed by atoms with Gasteiger partial charge in [-0.1, -0.05) is 66.7 Å². The monoisotopic (exact) mass is 634 g/mol. The highest BCUT2D eigenvalue weighted by molar-refractivity contribution is 7.52. The summed E-state index contributed by atoms with van der Waals surface area (Å²) in [5.74, 6) is -0.930. The van der Waals surface area contributed by atoms with Crippen molar-refractivity contribution < 1.29 is 28.3 Å². The zero-order valence-corrected chi connectivity index (χ0v) is 25.8. The number of imidazole rings is 1. The molecule has 2 unspecified atom stereocenters. The minimum atomic E-state index is -4.28. The number of fused-ring (bicyclic) bond motifs is 2. The highest BCUT2D eigenvalue weighted by atomic mass is 31.2. The van der Waals surface area contributed by atoms with Crippen molar-refractivity contribution in [1.82, 2.24) is 24.6 Å². The quantitative estimate of drug-likeness (QED) is 0.102. The number of H-pyrrole nitrogens is 1. The Hall–Kier alpha value is -4.55.